The van der Waals surface area contributed by atoms with Gasteiger partial charge in [0, 0.05) is 22.0 Å². The third kappa shape index (κ3) is 7.71. The minimum Gasteiger partial charge on any atom is -0.376 e. The van der Waals surface area contributed by atoms with E-state index in [0.717, 1.165) is 17.6 Å². The first-order valence-electron chi connectivity index (χ1n) is 6.75. The summed E-state index contributed by atoms with van der Waals surface area (Å²) in [5, 5.41) is 3.53. The minimum atomic E-state index is 0.142. The van der Waals surface area contributed by atoms with E-state index in [-0.39, 0.29) is 11.0 Å². The normalized spacial score (nSPS) is 12.7. The van der Waals surface area contributed by atoms with Crippen LogP contribution in [0.3, 0.4) is 0 Å². The van der Waals surface area contributed by atoms with E-state index in [2.05, 4.69) is 68.0 Å². The summed E-state index contributed by atoms with van der Waals surface area (Å²) in [6.07, 6.45) is 0. The molecule has 0 fully saturated rings. The second-order valence-electron chi connectivity index (χ2n) is 6.89. The summed E-state index contributed by atoms with van der Waals surface area (Å²) in [6.45, 7) is 13.4. The Morgan fingerprint density at radius 2 is 1.63 bits per heavy atom. The molecule has 0 spiro atoms. The Hall–Kier alpha value is -0.380. The topological polar surface area (TPSA) is 21.3 Å². The van der Waals surface area contributed by atoms with E-state index in [9.17, 15) is 0 Å². The average Bonchev–Trinajstić information content (AvgIpc) is 2.29. The van der Waals surface area contributed by atoms with Crippen molar-refractivity contribution in [2.75, 3.05) is 13.2 Å². The summed E-state index contributed by atoms with van der Waals surface area (Å²) in [5.74, 6) is 0. The third-order valence-electron chi connectivity index (χ3n) is 2.77. The van der Waals surface area contributed by atoms with Crippen LogP contribution in [0.15, 0.2) is 28.7 Å². The average molecular weight is 328 g/mol. The van der Waals surface area contributed by atoms with E-state index in [1.54, 1.807) is 0 Å². The predicted octanol–water partition coefficient (Wildman–Crippen LogP) is 4.38. The highest BCUT2D eigenvalue weighted by atomic mass is 79.9. The number of ether oxygens (including phenoxy) is 1. The number of nitrogens with one attached hydrogen (secondary N) is 1. The zero-order valence-electron chi connectivity index (χ0n) is 12.7. The van der Waals surface area contributed by atoms with E-state index in [1.807, 2.05) is 12.1 Å². The van der Waals surface area contributed by atoms with Gasteiger partial charge in [0.25, 0.3) is 0 Å². The van der Waals surface area contributed by atoms with Gasteiger partial charge in [0.1, 0.15) is 0 Å². The van der Waals surface area contributed by atoms with E-state index in [4.69, 9.17) is 4.74 Å². The van der Waals surface area contributed by atoms with Gasteiger partial charge < -0.3 is 10.1 Å². The largest absolute Gasteiger partial charge is 0.376 e. The zero-order valence-corrected chi connectivity index (χ0v) is 14.3. The van der Waals surface area contributed by atoms with Gasteiger partial charge >= 0.3 is 0 Å². The number of rotatable bonds is 6. The fourth-order valence-corrected chi connectivity index (χ4v) is 1.85. The first-order chi connectivity index (χ1) is 8.68. The van der Waals surface area contributed by atoms with Gasteiger partial charge in [0.05, 0.1) is 13.2 Å². The SMILES string of the molecule is CC(C)(CNC(C)(C)C)COCc1ccc(Br)cc1. The van der Waals surface area contributed by atoms with Crippen molar-refractivity contribution in [1.82, 2.24) is 5.32 Å². The van der Waals surface area contributed by atoms with Gasteiger partial charge in [-0.1, -0.05) is 41.9 Å². The summed E-state index contributed by atoms with van der Waals surface area (Å²) >= 11 is 3.44. The van der Waals surface area contributed by atoms with Crippen LogP contribution in [-0.2, 0) is 11.3 Å². The van der Waals surface area contributed by atoms with Crippen molar-refractivity contribution in [2.45, 2.75) is 46.8 Å². The lowest BCUT2D eigenvalue weighted by Gasteiger charge is -2.30. The molecule has 0 atom stereocenters. The Kier molecular flexibility index (Phi) is 6.03. The lowest BCUT2D eigenvalue weighted by atomic mass is 9.93. The summed E-state index contributed by atoms with van der Waals surface area (Å²) in [5.41, 5.74) is 1.51. The van der Waals surface area contributed by atoms with E-state index in [0.29, 0.717) is 6.61 Å². The Morgan fingerprint density at radius 1 is 1.05 bits per heavy atom. The molecule has 19 heavy (non-hydrogen) atoms. The maximum absolute atomic E-state index is 5.83. The second-order valence-corrected chi connectivity index (χ2v) is 7.80. The van der Waals surface area contributed by atoms with Crippen LogP contribution >= 0.6 is 15.9 Å². The van der Waals surface area contributed by atoms with Gasteiger partial charge in [-0.3, -0.25) is 0 Å². The summed E-state index contributed by atoms with van der Waals surface area (Å²) < 4.78 is 6.94. The van der Waals surface area contributed by atoms with Crippen LogP contribution in [0.4, 0.5) is 0 Å². The van der Waals surface area contributed by atoms with Gasteiger partial charge in [-0.2, -0.15) is 0 Å². The molecule has 0 heterocycles. The quantitative estimate of drug-likeness (QED) is 0.837. The number of halogens is 1. The molecule has 0 bridgehead atoms. The molecule has 0 aliphatic carbocycles. The van der Waals surface area contributed by atoms with Crippen LogP contribution in [0.2, 0.25) is 0 Å². The van der Waals surface area contributed by atoms with E-state index < -0.39 is 0 Å². The zero-order chi connectivity index (χ0) is 14.5. The first-order valence-corrected chi connectivity index (χ1v) is 7.54. The fourth-order valence-electron chi connectivity index (χ4n) is 1.58. The molecule has 0 unspecified atom stereocenters. The molecular weight excluding hydrogens is 302 g/mol. The van der Waals surface area contributed by atoms with Crippen LogP contribution in [0.1, 0.15) is 40.2 Å². The van der Waals surface area contributed by atoms with Gasteiger partial charge in [0.15, 0.2) is 0 Å². The molecule has 108 valence electrons. The molecular formula is C16H26BrNO. The number of hydrogen-bond donors (Lipinski definition) is 1. The predicted molar refractivity (Wildman–Crippen MR) is 85.3 cm³/mol. The number of benzene rings is 1. The number of hydrogen-bond acceptors (Lipinski definition) is 2. The maximum atomic E-state index is 5.83. The van der Waals surface area contributed by atoms with Gasteiger partial charge in [-0.25, -0.2) is 0 Å². The maximum Gasteiger partial charge on any atom is 0.0717 e. The highest BCUT2D eigenvalue weighted by molar-refractivity contribution is 9.10. The lowest BCUT2D eigenvalue weighted by Crippen LogP contribution is -2.43. The molecule has 0 aromatic heterocycles. The minimum absolute atomic E-state index is 0.142. The highest BCUT2D eigenvalue weighted by Gasteiger charge is 2.21. The summed E-state index contributed by atoms with van der Waals surface area (Å²) in [7, 11) is 0. The molecule has 0 aliphatic rings. The Balaban J connectivity index is 2.33. The molecule has 0 aliphatic heterocycles. The molecule has 3 heteroatoms. The molecule has 0 radical (unpaired) electrons. The molecule has 1 rings (SSSR count). The molecule has 2 nitrogen and oxygen atoms in total. The second kappa shape index (κ2) is 6.87. The summed E-state index contributed by atoms with van der Waals surface area (Å²) in [4.78, 5) is 0. The molecule has 1 aromatic rings. The van der Waals surface area contributed by atoms with Crippen molar-refractivity contribution in [3.05, 3.63) is 34.3 Å². The third-order valence-corrected chi connectivity index (χ3v) is 3.30. The monoisotopic (exact) mass is 327 g/mol. The molecule has 0 saturated carbocycles. The Bertz CT molecular complexity index is 379. The van der Waals surface area contributed by atoms with Crippen LogP contribution in [0, 0.1) is 5.41 Å². The first kappa shape index (κ1) is 16.7. The van der Waals surface area contributed by atoms with Gasteiger partial charge in [-0.15, -0.1) is 0 Å². The van der Waals surface area contributed by atoms with E-state index in [1.165, 1.54) is 5.56 Å². The van der Waals surface area contributed by atoms with Crippen molar-refractivity contribution in [2.24, 2.45) is 5.41 Å². The van der Waals surface area contributed by atoms with Crippen molar-refractivity contribution in [3.8, 4) is 0 Å². The molecule has 1 N–H and O–H groups in total. The van der Waals surface area contributed by atoms with Crippen LogP contribution in [0.25, 0.3) is 0 Å². The van der Waals surface area contributed by atoms with Crippen molar-refractivity contribution < 1.29 is 4.74 Å². The van der Waals surface area contributed by atoms with Gasteiger partial charge in [-0.05, 0) is 38.5 Å². The molecule has 0 amide bonds. The Morgan fingerprint density at radius 3 is 2.16 bits per heavy atom. The van der Waals surface area contributed by atoms with Crippen LogP contribution in [-0.4, -0.2) is 18.7 Å². The molecule has 1 aromatic carbocycles. The lowest BCUT2D eigenvalue weighted by molar-refractivity contribution is 0.0483. The van der Waals surface area contributed by atoms with Crippen LogP contribution in [0.5, 0.6) is 0 Å². The van der Waals surface area contributed by atoms with Crippen molar-refractivity contribution >= 4 is 15.9 Å². The standard InChI is InChI=1S/C16H26BrNO/c1-15(2,3)18-11-16(4,5)12-19-10-13-6-8-14(17)9-7-13/h6-9,18H,10-12H2,1-5H3. The smallest absolute Gasteiger partial charge is 0.0717 e. The highest BCUT2D eigenvalue weighted by Crippen LogP contribution is 2.17. The molecule has 0 saturated heterocycles. The van der Waals surface area contributed by atoms with Crippen molar-refractivity contribution in [3.63, 3.8) is 0 Å². The Labute approximate surface area is 126 Å². The van der Waals surface area contributed by atoms with Crippen LogP contribution < -0.4 is 5.32 Å². The van der Waals surface area contributed by atoms with Gasteiger partial charge in [0.2, 0.25) is 0 Å². The summed E-state index contributed by atoms with van der Waals surface area (Å²) in [6, 6.07) is 8.27. The van der Waals surface area contributed by atoms with E-state index >= 15 is 0 Å². The fraction of sp³-hybridized carbons (Fsp3) is 0.625. The van der Waals surface area contributed by atoms with Crippen molar-refractivity contribution in [1.29, 1.82) is 0 Å².